The van der Waals surface area contributed by atoms with E-state index in [1.165, 1.54) is 4.90 Å². The van der Waals surface area contributed by atoms with Gasteiger partial charge < -0.3 is 4.90 Å². The van der Waals surface area contributed by atoms with Crippen molar-refractivity contribution in [2.45, 2.75) is 26.3 Å². The number of urea groups is 1. The number of carbonyl (C=O) groups excluding carboxylic acids is 3. The van der Waals surface area contributed by atoms with Crippen LogP contribution in [0.4, 0.5) is 10.5 Å². The van der Waals surface area contributed by atoms with Gasteiger partial charge in [-0.3, -0.25) is 19.8 Å². The lowest BCUT2D eigenvalue weighted by molar-refractivity contribution is -0.152. The lowest BCUT2D eigenvalue weighted by atomic mass is 9.74. The Kier molecular flexibility index (Phi) is 4.22. The zero-order chi connectivity index (χ0) is 20.1. The number of nitrogens with zero attached hydrogens (tertiary/aromatic N) is 2. The molecule has 2 aliphatic heterocycles. The van der Waals surface area contributed by atoms with Gasteiger partial charge in [0, 0.05) is 19.3 Å². The molecule has 28 heavy (non-hydrogen) atoms. The summed E-state index contributed by atoms with van der Waals surface area (Å²) in [5.74, 6) is -0.949. The Labute approximate surface area is 164 Å². The Hall–Kier alpha value is -3.15. The lowest BCUT2D eigenvalue weighted by Gasteiger charge is -2.46. The van der Waals surface area contributed by atoms with E-state index in [1.54, 1.807) is 6.92 Å². The third kappa shape index (κ3) is 2.68. The van der Waals surface area contributed by atoms with Crippen LogP contribution in [0, 0.1) is 12.3 Å². The van der Waals surface area contributed by atoms with Crippen molar-refractivity contribution < 1.29 is 14.4 Å². The average molecular weight is 377 g/mol. The highest BCUT2D eigenvalue weighted by Gasteiger charge is 2.57. The van der Waals surface area contributed by atoms with Crippen LogP contribution in [0.15, 0.2) is 48.5 Å². The maximum atomic E-state index is 13.6. The van der Waals surface area contributed by atoms with Crippen LogP contribution < -0.4 is 10.2 Å². The summed E-state index contributed by atoms with van der Waals surface area (Å²) < 4.78 is 0. The summed E-state index contributed by atoms with van der Waals surface area (Å²) in [6.07, 6.45) is 0.282. The molecule has 2 atom stereocenters. The van der Waals surface area contributed by atoms with Crippen molar-refractivity contribution in [3.8, 4) is 0 Å². The Morgan fingerprint density at radius 2 is 1.79 bits per heavy atom. The van der Waals surface area contributed by atoms with Gasteiger partial charge in [0.1, 0.15) is 5.41 Å². The first kappa shape index (κ1) is 18.2. The zero-order valence-electron chi connectivity index (χ0n) is 16.2. The highest BCUT2D eigenvalue weighted by molar-refractivity contribution is 6.20. The number of anilines is 1. The molecule has 2 heterocycles. The van der Waals surface area contributed by atoms with E-state index in [0.717, 1.165) is 22.4 Å². The number of hydrogen-bond donors (Lipinski definition) is 1. The third-order valence-corrected chi connectivity index (χ3v) is 5.82. The summed E-state index contributed by atoms with van der Waals surface area (Å²) in [5.41, 5.74) is 2.55. The summed E-state index contributed by atoms with van der Waals surface area (Å²) in [5, 5.41) is 2.44. The van der Waals surface area contributed by atoms with Crippen molar-refractivity contribution in [2.75, 3.05) is 18.5 Å². The molecule has 6 nitrogen and oxygen atoms in total. The molecule has 144 valence electrons. The van der Waals surface area contributed by atoms with E-state index in [2.05, 4.69) is 5.32 Å². The fourth-order valence-corrected chi connectivity index (χ4v) is 4.32. The van der Waals surface area contributed by atoms with E-state index >= 15 is 0 Å². The monoisotopic (exact) mass is 377 g/mol. The summed E-state index contributed by atoms with van der Waals surface area (Å²) in [6.45, 7) is 4.03. The number of aryl methyl sites for hydroxylation is 1. The lowest BCUT2D eigenvalue weighted by Crippen LogP contribution is -2.68. The number of carbonyl (C=O) groups is 3. The molecule has 1 N–H and O–H groups in total. The Balaban J connectivity index is 1.76. The SMILES string of the molecule is Cc1ccc2c(c1)C[C@]1(CN2C)C(=O)NC(=O)N([C@@H](C)c2ccccc2)C1=O. The van der Waals surface area contributed by atoms with Gasteiger partial charge in [0.15, 0.2) is 0 Å². The number of hydrogen-bond acceptors (Lipinski definition) is 4. The number of imide groups is 2. The van der Waals surface area contributed by atoms with Gasteiger partial charge in [0.05, 0.1) is 6.04 Å². The maximum Gasteiger partial charge on any atom is 0.331 e. The minimum Gasteiger partial charge on any atom is -0.373 e. The number of barbiturate groups is 1. The number of amides is 4. The molecule has 0 aliphatic carbocycles. The van der Waals surface area contributed by atoms with Gasteiger partial charge in [-0.15, -0.1) is 0 Å². The van der Waals surface area contributed by atoms with Crippen LogP contribution in [0.25, 0.3) is 0 Å². The second-order valence-corrected chi connectivity index (χ2v) is 7.77. The fourth-order valence-electron chi connectivity index (χ4n) is 4.32. The molecular weight excluding hydrogens is 354 g/mol. The quantitative estimate of drug-likeness (QED) is 0.817. The number of nitrogens with one attached hydrogen (secondary N) is 1. The topological polar surface area (TPSA) is 69.7 Å². The highest BCUT2D eigenvalue weighted by Crippen LogP contribution is 2.41. The first-order chi connectivity index (χ1) is 13.3. The van der Waals surface area contributed by atoms with E-state index < -0.39 is 29.3 Å². The first-order valence-corrected chi connectivity index (χ1v) is 9.38. The maximum absolute atomic E-state index is 13.6. The second kappa shape index (κ2) is 6.48. The molecule has 0 saturated carbocycles. The van der Waals surface area contributed by atoms with Gasteiger partial charge in [0.25, 0.3) is 0 Å². The minimum atomic E-state index is -1.31. The molecule has 1 fully saturated rings. The number of fused-ring (bicyclic) bond motifs is 1. The molecule has 0 radical (unpaired) electrons. The predicted octanol–water partition coefficient (Wildman–Crippen LogP) is 2.81. The second-order valence-electron chi connectivity index (χ2n) is 7.77. The first-order valence-electron chi connectivity index (χ1n) is 9.38. The molecule has 0 unspecified atom stereocenters. The smallest absolute Gasteiger partial charge is 0.331 e. The van der Waals surface area contributed by atoms with Gasteiger partial charge in [-0.05, 0) is 37.5 Å². The average Bonchev–Trinajstić information content (AvgIpc) is 2.67. The Morgan fingerprint density at radius 3 is 2.50 bits per heavy atom. The van der Waals surface area contributed by atoms with E-state index in [9.17, 15) is 14.4 Å². The molecule has 2 aromatic carbocycles. The molecule has 6 heteroatoms. The van der Waals surface area contributed by atoms with Gasteiger partial charge in [0.2, 0.25) is 11.8 Å². The van der Waals surface area contributed by atoms with Crippen LogP contribution in [-0.2, 0) is 16.0 Å². The summed E-state index contributed by atoms with van der Waals surface area (Å²) in [7, 11) is 1.87. The van der Waals surface area contributed by atoms with Crippen LogP contribution in [0.2, 0.25) is 0 Å². The van der Waals surface area contributed by atoms with E-state index in [1.807, 2.05) is 67.4 Å². The van der Waals surface area contributed by atoms with Crippen molar-refractivity contribution in [1.82, 2.24) is 10.2 Å². The van der Waals surface area contributed by atoms with Crippen LogP contribution in [0.3, 0.4) is 0 Å². The minimum absolute atomic E-state index is 0.235. The number of benzene rings is 2. The standard InChI is InChI=1S/C22H23N3O3/c1-14-9-10-18-17(11-14)12-22(13-24(18)3)19(26)23-21(28)25(20(22)27)15(2)16-7-5-4-6-8-16/h4-11,15H,12-13H2,1-3H3,(H,23,26,28)/t15-,22-/m0/s1. The highest BCUT2D eigenvalue weighted by atomic mass is 16.2. The van der Waals surface area contributed by atoms with Crippen LogP contribution in [0.1, 0.15) is 29.7 Å². The predicted molar refractivity (Wildman–Crippen MR) is 106 cm³/mol. The van der Waals surface area contributed by atoms with Crippen LogP contribution in [0.5, 0.6) is 0 Å². The molecule has 4 amide bonds. The van der Waals surface area contributed by atoms with E-state index in [0.29, 0.717) is 0 Å². The number of rotatable bonds is 2. The van der Waals surface area contributed by atoms with E-state index in [-0.39, 0.29) is 13.0 Å². The van der Waals surface area contributed by atoms with Crippen LogP contribution in [-0.4, -0.2) is 36.3 Å². The van der Waals surface area contributed by atoms with Crippen molar-refractivity contribution >= 4 is 23.5 Å². The molecule has 4 rings (SSSR count). The Morgan fingerprint density at radius 1 is 1.07 bits per heavy atom. The molecule has 2 aromatic rings. The fraction of sp³-hybridized carbons (Fsp3) is 0.318. The molecular formula is C22H23N3O3. The van der Waals surface area contributed by atoms with Crippen molar-refractivity contribution in [1.29, 1.82) is 0 Å². The summed E-state index contributed by atoms with van der Waals surface area (Å²) in [6, 6.07) is 14.3. The Bertz CT molecular complexity index is 972. The van der Waals surface area contributed by atoms with Crippen LogP contribution >= 0.6 is 0 Å². The third-order valence-electron chi connectivity index (χ3n) is 5.82. The van der Waals surface area contributed by atoms with Gasteiger partial charge in [-0.2, -0.15) is 0 Å². The van der Waals surface area contributed by atoms with Crippen molar-refractivity contribution in [3.05, 3.63) is 65.2 Å². The van der Waals surface area contributed by atoms with Gasteiger partial charge in [-0.25, -0.2) is 4.79 Å². The normalized spacial score (nSPS) is 22.9. The zero-order valence-corrected chi connectivity index (χ0v) is 16.2. The van der Waals surface area contributed by atoms with Crippen molar-refractivity contribution in [2.24, 2.45) is 5.41 Å². The van der Waals surface area contributed by atoms with Gasteiger partial charge >= 0.3 is 6.03 Å². The van der Waals surface area contributed by atoms with E-state index in [4.69, 9.17) is 0 Å². The molecule has 0 bridgehead atoms. The largest absolute Gasteiger partial charge is 0.373 e. The molecule has 2 aliphatic rings. The summed E-state index contributed by atoms with van der Waals surface area (Å²) >= 11 is 0. The van der Waals surface area contributed by atoms with Crippen molar-refractivity contribution in [3.63, 3.8) is 0 Å². The molecule has 1 spiro atoms. The summed E-state index contributed by atoms with van der Waals surface area (Å²) in [4.78, 5) is 42.3. The molecule has 1 saturated heterocycles. The van der Waals surface area contributed by atoms with Gasteiger partial charge in [-0.1, -0.05) is 48.0 Å². The molecule has 0 aromatic heterocycles.